The summed E-state index contributed by atoms with van der Waals surface area (Å²) in [5.74, 6) is 0.400. The first-order chi connectivity index (χ1) is 14.8. The van der Waals surface area contributed by atoms with E-state index >= 15 is 0 Å². The van der Waals surface area contributed by atoms with Crippen LogP contribution in [0, 0.1) is 17.4 Å². The Hall–Kier alpha value is -2.56. The summed E-state index contributed by atoms with van der Waals surface area (Å²) in [5, 5.41) is 2.68. The number of para-hydroxylation sites is 1. The summed E-state index contributed by atoms with van der Waals surface area (Å²) in [6, 6.07) is 16.4. The highest BCUT2D eigenvalue weighted by Crippen LogP contribution is 2.32. The number of ether oxygens (including phenoxy) is 1. The molecule has 156 valence electrons. The van der Waals surface area contributed by atoms with Crippen molar-refractivity contribution < 1.29 is 14.3 Å². The molecule has 1 aliphatic rings. The van der Waals surface area contributed by atoms with Gasteiger partial charge in [-0.05, 0) is 96.7 Å². The van der Waals surface area contributed by atoms with Gasteiger partial charge in [-0.1, -0.05) is 18.2 Å². The Bertz CT molecular complexity index is 1220. The first kappa shape index (κ1) is 21.7. The van der Waals surface area contributed by atoms with Crippen molar-refractivity contribution in [3.05, 3.63) is 79.1 Å². The predicted octanol–water partition coefficient (Wildman–Crippen LogP) is 5.59. The number of amides is 2. The Labute approximate surface area is 202 Å². The molecule has 1 fully saturated rings. The first-order valence-corrected chi connectivity index (χ1v) is 11.7. The molecule has 0 saturated carbocycles. The Kier molecular flexibility index (Phi) is 6.22. The highest BCUT2D eigenvalue weighted by Gasteiger charge is 2.34. The van der Waals surface area contributed by atoms with Crippen LogP contribution in [-0.4, -0.2) is 16.9 Å². The molecule has 0 spiro atoms. The number of benzene rings is 2. The van der Waals surface area contributed by atoms with Gasteiger partial charge in [0, 0.05) is 13.3 Å². The molecule has 1 N–H and O–H groups in total. The largest absolute Gasteiger partial charge is 0.457 e. The number of aryl methyl sites for hydroxylation is 1. The number of hydrogen-bond acceptors (Lipinski definition) is 5. The fourth-order valence-corrected chi connectivity index (χ4v) is 5.39. The van der Waals surface area contributed by atoms with Crippen molar-refractivity contribution in [1.29, 1.82) is 0 Å². The maximum Gasteiger partial charge on any atom is 0.270 e. The molecule has 2 amide bonds. The number of halogens is 1. The van der Waals surface area contributed by atoms with E-state index < -0.39 is 11.8 Å². The van der Waals surface area contributed by atoms with Crippen molar-refractivity contribution in [2.45, 2.75) is 13.8 Å². The molecule has 31 heavy (non-hydrogen) atoms. The van der Waals surface area contributed by atoms with Gasteiger partial charge in [-0.25, -0.2) is 0 Å². The van der Waals surface area contributed by atoms with E-state index in [-0.39, 0.29) is 10.7 Å². The van der Waals surface area contributed by atoms with Crippen molar-refractivity contribution in [3.63, 3.8) is 0 Å². The van der Waals surface area contributed by atoms with E-state index in [1.54, 1.807) is 41.7 Å². The van der Waals surface area contributed by atoms with Crippen molar-refractivity contribution in [2.24, 2.45) is 0 Å². The number of thiocarbonyl (C=S) groups is 1. The van der Waals surface area contributed by atoms with Gasteiger partial charge in [0.15, 0.2) is 5.11 Å². The van der Waals surface area contributed by atoms with Gasteiger partial charge in [0.25, 0.3) is 11.8 Å². The third-order valence-corrected chi connectivity index (χ3v) is 7.98. The van der Waals surface area contributed by atoms with Crippen LogP contribution in [0.25, 0.3) is 6.08 Å². The van der Waals surface area contributed by atoms with Gasteiger partial charge < -0.3 is 4.74 Å². The Morgan fingerprint density at radius 2 is 1.68 bits per heavy atom. The van der Waals surface area contributed by atoms with Crippen LogP contribution in [0.15, 0.2) is 60.2 Å². The Morgan fingerprint density at radius 1 is 1.03 bits per heavy atom. The zero-order chi connectivity index (χ0) is 22.1. The molecule has 1 aromatic heterocycles. The number of nitrogens with one attached hydrogen (secondary N) is 1. The molecule has 0 radical (unpaired) electrons. The van der Waals surface area contributed by atoms with Crippen LogP contribution in [0.3, 0.4) is 0 Å². The standard InChI is InChI=1S/C23H17IN2O3S2/c1-13-14(2)31-19(20(13)24)12-18-21(27)25-23(30)26(22(18)28)15-8-10-17(11-9-15)29-16-6-4-3-5-7-16/h3-12H,1-2H3,(H,25,27,30). The van der Waals surface area contributed by atoms with Crippen molar-refractivity contribution in [1.82, 2.24) is 5.32 Å². The average Bonchev–Trinajstić information content (AvgIpc) is 2.99. The van der Waals surface area contributed by atoms with E-state index in [9.17, 15) is 9.59 Å². The quantitative estimate of drug-likeness (QED) is 0.196. The SMILES string of the molecule is Cc1sc(C=C2C(=O)NC(=S)N(c3ccc(Oc4ccccc4)cc3)C2=O)c(I)c1C. The smallest absolute Gasteiger partial charge is 0.270 e. The number of carbonyl (C=O) groups excluding carboxylic acids is 2. The number of hydrogen-bond donors (Lipinski definition) is 1. The molecule has 2 aromatic carbocycles. The van der Waals surface area contributed by atoms with Gasteiger partial charge in [0.2, 0.25) is 0 Å². The van der Waals surface area contributed by atoms with Crippen LogP contribution in [0.1, 0.15) is 15.3 Å². The molecule has 0 unspecified atom stereocenters. The molecular formula is C23H17IN2O3S2. The highest BCUT2D eigenvalue weighted by molar-refractivity contribution is 14.1. The van der Waals surface area contributed by atoms with Gasteiger partial charge in [0.1, 0.15) is 17.1 Å². The van der Waals surface area contributed by atoms with Crippen LogP contribution < -0.4 is 15.0 Å². The van der Waals surface area contributed by atoms with E-state index in [0.29, 0.717) is 17.2 Å². The monoisotopic (exact) mass is 560 g/mol. The zero-order valence-electron chi connectivity index (χ0n) is 16.6. The molecule has 0 aliphatic carbocycles. The zero-order valence-corrected chi connectivity index (χ0v) is 20.4. The van der Waals surface area contributed by atoms with E-state index in [2.05, 4.69) is 27.9 Å². The lowest BCUT2D eigenvalue weighted by molar-refractivity contribution is -0.122. The fourth-order valence-electron chi connectivity index (χ4n) is 3.03. The maximum atomic E-state index is 13.2. The lowest BCUT2D eigenvalue weighted by atomic mass is 10.1. The molecular weight excluding hydrogens is 543 g/mol. The molecule has 3 aromatic rings. The number of anilines is 1. The predicted molar refractivity (Wildman–Crippen MR) is 136 cm³/mol. The molecule has 0 bridgehead atoms. The van der Waals surface area contributed by atoms with Crippen LogP contribution in [-0.2, 0) is 9.59 Å². The third kappa shape index (κ3) is 4.41. The fraction of sp³-hybridized carbons (Fsp3) is 0.0870. The molecule has 5 nitrogen and oxygen atoms in total. The second kappa shape index (κ2) is 8.89. The summed E-state index contributed by atoms with van der Waals surface area (Å²) in [6.07, 6.45) is 1.64. The molecule has 2 heterocycles. The highest BCUT2D eigenvalue weighted by atomic mass is 127. The summed E-state index contributed by atoms with van der Waals surface area (Å²) < 4.78 is 6.84. The third-order valence-electron chi connectivity index (χ3n) is 4.79. The van der Waals surface area contributed by atoms with E-state index in [0.717, 1.165) is 18.9 Å². The van der Waals surface area contributed by atoms with E-state index in [1.165, 1.54) is 4.90 Å². The maximum absolute atomic E-state index is 13.2. The van der Waals surface area contributed by atoms with Crippen molar-refractivity contribution >= 4 is 74.8 Å². The van der Waals surface area contributed by atoms with Crippen LogP contribution in [0.4, 0.5) is 5.69 Å². The second-order valence-electron chi connectivity index (χ2n) is 6.83. The molecule has 4 rings (SSSR count). The van der Waals surface area contributed by atoms with Gasteiger partial charge in [0.05, 0.1) is 5.69 Å². The second-order valence-corrected chi connectivity index (χ2v) is 9.55. The van der Waals surface area contributed by atoms with Crippen LogP contribution in [0.5, 0.6) is 11.5 Å². The average molecular weight is 560 g/mol. The summed E-state index contributed by atoms with van der Waals surface area (Å²) in [5.41, 5.74) is 1.76. The minimum Gasteiger partial charge on any atom is -0.457 e. The van der Waals surface area contributed by atoms with Crippen molar-refractivity contribution in [2.75, 3.05) is 4.90 Å². The number of rotatable bonds is 4. The normalized spacial score (nSPS) is 15.4. The first-order valence-electron chi connectivity index (χ1n) is 9.35. The summed E-state index contributed by atoms with van der Waals surface area (Å²) >= 11 is 9.08. The van der Waals surface area contributed by atoms with Crippen molar-refractivity contribution in [3.8, 4) is 11.5 Å². The lowest BCUT2D eigenvalue weighted by Gasteiger charge is -2.29. The lowest BCUT2D eigenvalue weighted by Crippen LogP contribution is -2.54. The number of carbonyl (C=O) groups is 2. The summed E-state index contributed by atoms with van der Waals surface area (Å²) in [4.78, 5) is 29.1. The Balaban J connectivity index is 1.62. The molecule has 8 heteroatoms. The topological polar surface area (TPSA) is 58.6 Å². The number of thiophene rings is 1. The number of nitrogens with zero attached hydrogens (tertiary/aromatic N) is 1. The molecule has 1 aliphatic heterocycles. The van der Waals surface area contributed by atoms with Gasteiger partial charge in [-0.15, -0.1) is 11.3 Å². The van der Waals surface area contributed by atoms with Gasteiger partial charge in [-0.3, -0.25) is 19.8 Å². The minimum atomic E-state index is -0.491. The summed E-state index contributed by atoms with van der Waals surface area (Å²) in [7, 11) is 0. The summed E-state index contributed by atoms with van der Waals surface area (Å²) in [6.45, 7) is 4.05. The Morgan fingerprint density at radius 3 is 2.29 bits per heavy atom. The van der Waals surface area contributed by atoms with Crippen LogP contribution in [0.2, 0.25) is 0 Å². The van der Waals surface area contributed by atoms with Gasteiger partial charge in [-0.2, -0.15) is 0 Å². The van der Waals surface area contributed by atoms with Crippen LogP contribution >= 0.6 is 46.1 Å². The van der Waals surface area contributed by atoms with Gasteiger partial charge >= 0.3 is 0 Å². The minimum absolute atomic E-state index is 0.0529. The molecule has 1 saturated heterocycles. The molecule has 0 atom stereocenters. The van der Waals surface area contributed by atoms with E-state index in [4.69, 9.17) is 17.0 Å². The van der Waals surface area contributed by atoms with E-state index in [1.807, 2.05) is 44.2 Å².